The lowest BCUT2D eigenvalue weighted by Crippen LogP contribution is -2.22. The van der Waals surface area contributed by atoms with Crippen LogP contribution in [0.5, 0.6) is 0 Å². The summed E-state index contributed by atoms with van der Waals surface area (Å²) in [7, 11) is 0. The van der Waals surface area contributed by atoms with Crippen molar-refractivity contribution in [2.75, 3.05) is 11.9 Å². The number of aromatic nitrogens is 1. The van der Waals surface area contributed by atoms with Crippen molar-refractivity contribution in [1.29, 1.82) is 0 Å². The van der Waals surface area contributed by atoms with E-state index in [2.05, 4.69) is 15.2 Å². The van der Waals surface area contributed by atoms with Crippen LogP contribution in [0.15, 0.2) is 34.9 Å². The number of amides is 1. The minimum absolute atomic E-state index is 0.0410. The van der Waals surface area contributed by atoms with Gasteiger partial charge in [-0.25, -0.2) is 4.79 Å². The number of carbonyl (C=O) groups is 2. The molecule has 0 saturated carbocycles. The molecule has 0 aliphatic carbocycles. The molecule has 0 unspecified atom stereocenters. The minimum Gasteiger partial charge on any atom is -0.452 e. The van der Waals surface area contributed by atoms with Crippen LogP contribution in [-0.4, -0.2) is 23.6 Å². The Hall–Kier alpha value is -2.84. The van der Waals surface area contributed by atoms with Crippen molar-refractivity contribution in [2.45, 2.75) is 13.1 Å². The third kappa shape index (κ3) is 4.31. The van der Waals surface area contributed by atoms with Crippen LogP contribution >= 0.6 is 0 Å². The molecule has 6 nitrogen and oxygen atoms in total. The zero-order valence-corrected chi connectivity index (χ0v) is 11.8. The first-order valence-corrected chi connectivity index (χ1v) is 6.34. The molecule has 122 valence electrons. The molecular weight excluding hydrogens is 317 g/mol. The Morgan fingerprint density at radius 3 is 2.61 bits per heavy atom. The molecule has 9 heteroatoms. The summed E-state index contributed by atoms with van der Waals surface area (Å²) in [5.74, 6) is -1.97. The van der Waals surface area contributed by atoms with Gasteiger partial charge in [-0.15, -0.1) is 0 Å². The largest absolute Gasteiger partial charge is 0.452 e. The van der Waals surface area contributed by atoms with Crippen molar-refractivity contribution in [2.24, 2.45) is 0 Å². The van der Waals surface area contributed by atoms with Gasteiger partial charge in [0.25, 0.3) is 5.91 Å². The average Bonchev–Trinajstić information content (AvgIpc) is 2.89. The molecular formula is C14H11F3N2O4. The Labute approximate surface area is 128 Å². The Kier molecular flexibility index (Phi) is 4.68. The number of hydrogen-bond acceptors (Lipinski definition) is 5. The molecule has 0 atom stereocenters. The van der Waals surface area contributed by atoms with Gasteiger partial charge in [0.15, 0.2) is 6.61 Å². The second-order valence-electron chi connectivity index (χ2n) is 4.50. The summed E-state index contributed by atoms with van der Waals surface area (Å²) in [4.78, 5) is 23.3. The molecule has 0 spiro atoms. The smallest absolute Gasteiger partial charge is 0.417 e. The van der Waals surface area contributed by atoms with Crippen molar-refractivity contribution in [3.63, 3.8) is 0 Å². The fourth-order valence-electron chi connectivity index (χ4n) is 1.71. The van der Waals surface area contributed by atoms with Gasteiger partial charge in [-0.1, -0.05) is 17.3 Å². The van der Waals surface area contributed by atoms with Crippen LogP contribution in [0.2, 0.25) is 0 Å². The highest BCUT2D eigenvalue weighted by Gasteiger charge is 2.35. The van der Waals surface area contributed by atoms with Gasteiger partial charge in [0.05, 0.1) is 16.8 Å². The predicted octanol–water partition coefficient (Wildman–Crippen LogP) is 2.80. The van der Waals surface area contributed by atoms with Crippen LogP contribution in [0.4, 0.5) is 19.1 Å². The minimum atomic E-state index is -4.70. The molecule has 1 aromatic carbocycles. The lowest BCUT2D eigenvalue weighted by Gasteiger charge is -2.11. The summed E-state index contributed by atoms with van der Waals surface area (Å²) >= 11 is 0. The molecule has 23 heavy (non-hydrogen) atoms. The normalized spacial score (nSPS) is 11.1. The van der Waals surface area contributed by atoms with Crippen LogP contribution in [0, 0.1) is 6.92 Å². The van der Waals surface area contributed by atoms with E-state index >= 15 is 0 Å². The molecule has 0 aliphatic heterocycles. The molecule has 0 aliphatic rings. The second-order valence-corrected chi connectivity index (χ2v) is 4.50. The van der Waals surface area contributed by atoms with E-state index in [0.717, 1.165) is 18.2 Å². The van der Waals surface area contributed by atoms with E-state index in [4.69, 9.17) is 4.52 Å². The fraction of sp³-hybridized carbons (Fsp3) is 0.214. The number of carbonyl (C=O) groups excluding carboxylic acids is 2. The SMILES string of the molecule is Cc1cc(NC(=O)COC(=O)c2ccccc2C(F)(F)F)on1. The van der Waals surface area contributed by atoms with Crippen molar-refractivity contribution in [3.8, 4) is 0 Å². The molecule has 1 heterocycles. The summed E-state index contributed by atoms with van der Waals surface area (Å²) in [6.45, 7) is 0.873. The van der Waals surface area contributed by atoms with Gasteiger partial charge >= 0.3 is 12.1 Å². The predicted molar refractivity (Wildman–Crippen MR) is 71.6 cm³/mol. The van der Waals surface area contributed by atoms with Crippen LogP contribution in [0.1, 0.15) is 21.6 Å². The van der Waals surface area contributed by atoms with Gasteiger partial charge in [0.1, 0.15) is 0 Å². The molecule has 1 aromatic heterocycles. The van der Waals surface area contributed by atoms with E-state index in [1.54, 1.807) is 6.92 Å². The monoisotopic (exact) mass is 328 g/mol. The molecule has 0 bridgehead atoms. The maximum absolute atomic E-state index is 12.8. The molecule has 0 radical (unpaired) electrons. The van der Waals surface area contributed by atoms with Gasteiger partial charge < -0.3 is 9.26 Å². The number of rotatable bonds is 4. The number of esters is 1. The van der Waals surface area contributed by atoms with Crippen LogP contribution in [0.3, 0.4) is 0 Å². The molecule has 2 rings (SSSR count). The first kappa shape index (κ1) is 16.5. The topological polar surface area (TPSA) is 81.4 Å². The quantitative estimate of drug-likeness (QED) is 0.873. The number of anilines is 1. The number of benzene rings is 1. The van der Waals surface area contributed by atoms with E-state index < -0.39 is 35.8 Å². The first-order valence-electron chi connectivity index (χ1n) is 6.34. The Balaban J connectivity index is 1.99. The highest BCUT2D eigenvalue weighted by Crippen LogP contribution is 2.32. The number of aryl methyl sites for hydroxylation is 1. The third-order valence-corrected chi connectivity index (χ3v) is 2.68. The number of halogens is 3. The van der Waals surface area contributed by atoms with Crippen LogP contribution in [0.25, 0.3) is 0 Å². The Morgan fingerprint density at radius 2 is 2.00 bits per heavy atom. The lowest BCUT2D eigenvalue weighted by molar-refractivity contribution is -0.138. The second kappa shape index (κ2) is 6.51. The van der Waals surface area contributed by atoms with Crippen molar-refractivity contribution >= 4 is 17.8 Å². The van der Waals surface area contributed by atoms with Crippen LogP contribution in [-0.2, 0) is 15.7 Å². The van der Waals surface area contributed by atoms with Crippen molar-refractivity contribution in [3.05, 3.63) is 47.2 Å². The molecule has 0 fully saturated rings. The van der Waals surface area contributed by atoms with Crippen LogP contribution < -0.4 is 5.32 Å². The summed E-state index contributed by atoms with van der Waals surface area (Å²) in [6.07, 6.45) is -4.70. The standard InChI is InChI=1S/C14H11F3N2O4/c1-8-6-12(23-19-8)18-11(20)7-22-13(21)9-4-2-3-5-10(9)14(15,16)17/h2-6H,7H2,1H3,(H,18,20). The average molecular weight is 328 g/mol. The zero-order chi connectivity index (χ0) is 17.0. The van der Waals surface area contributed by atoms with E-state index in [1.165, 1.54) is 12.1 Å². The molecule has 0 saturated heterocycles. The maximum Gasteiger partial charge on any atom is 0.417 e. The highest BCUT2D eigenvalue weighted by atomic mass is 19.4. The first-order chi connectivity index (χ1) is 10.8. The van der Waals surface area contributed by atoms with Gasteiger partial charge in [0.2, 0.25) is 5.88 Å². The number of hydrogen-bond donors (Lipinski definition) is 1. The third-order valence-electron chi connectivity index (χ3n) is 2.68. The fourth-order valence-corrected chi connectivity index (χ4v) is 1.71. The Morgan fingerprint density at radius 1 is 1.30 bits per heavy atom. The van der Waals surface area contributed by atoms with E-state index in [-0.39, 0.29) is 5.88 Å². The number of nitrogens with zero attached hydrogens (tertiary/aromatic N) is 1. The summed E-state index contributed by atoms with van der Waals surface area (Å²) in [6, 6.07) is 5.58. The lowest BCUT2D eigenvalue weighted by atomic mass is 10.1. The molecule has 1 N–H and O–H groups in total. The number of nitrogens with one attached hydrogen (secondary N) is 1. The van der Waals surface area contributed by atoms with E-state index in [9.17, 15) is 22.8 Å². The number of alkyl halides is 3. The Bertz CT molecular complexity index is 725. The summed E-state index contributed by atoms with van der Waals surface area (Å²) in [5.41, 5.74) is -1.27. The molecule has 2 aromatic rings. The van der Waals surface area contributed by atoms with Crippen molar-refractivity contribution < 1.29 is 32.0 Å². The van der Waals surface area contributed by atoms with E-state index in [0.29, 0.717) is 5.69 Å². The number of ether oxygens (including phenoxy) is 1. The zero-order valence-electron chi connectivity index (χ0n) is 11.8. The van der Waals surface area contributed by atoms with Crippen molar-refractivity contribution in [1.82, 2.24) is 5.16 Å². The van der Waals surface area contributed by atoms with Gasteiger partial charge in [-0.3, -0.25) is 10.1 Å². The van der Waals surface area contributed by atoms with Gasteiger partial charge in [-0.2, -0.15) is 13.2 Å². The van der Waals surface area contributed by atoms with E-state index in [1.807, 2.05) is 0 Å². The summed E-state index contributed by atoms with van der Waals surface area (Å²) < 4.78 is 47.7. The van der Waals surface area contributed by atoms with Gasteiger partial charge in [0, 0.05) is 6.07 Å². The summed E-state index contributed by atoms with van der Waals surface area (Å²) in [5, 5.41) is 5.78. The molecule has 1 amide bonds. The highest BCUT2D eigenvalue weighted by molar-refractivity contribution is 5.95. The maximum atomic E-state index is 12.8. The van der Waals surface area contributed by atoms with Gasteiger partial charge in [-0.05, 0) is 19.1 Å².